The predicted octanol–water partition coefficient (Wildman–Crippen LogP) is 4.85. The van der Waals surface area contributed by atoms with Crippen molar-refractivity contribution in [3.05, 3.63) is 69.4 Å². The number of hydrogen-bond donors (Lipinski definition) is 1. The first-order chi connectivity index (χ1) is 15.6. The number of likely N-dealkylation sites (tertiary alicyclic amines) is 1. The summed E-state index contributed by atoms with van der Waals surface area (Å²) in [6.07, 6.45) is 5.78. The summed E-state index contributed by atoms with van der Waals surface area (Å²) in [7, 11) is 1.73. The number of hydrogen-bond acceptors (Lipinski definition) is 4. The molecule has 0 bridgehead atoms. The smallest absolute Gasteiger partial charge is 0.270 e. The zero-order valence-corrected chi connectivity index (χ0v) is 18.5. The summed E-state index contributed by atoms with van der Waals surface area (Å²) < 4.78 is 5.58. The number of nitrogens with one attached hydrogen (secondary N) is 1. The van der Waals surface area contributed by atoms with Gasteiger partial charge in [0, 0.05) is 47.2 Å². The largest absolute Gasteiger partial charge is 0.497 e. The molecule has 32 heavy (non-hydrogen) atoms. The number of nitro benzene ring substituents is 1. The van der Waals surface area contributed by atoms with E-state index in [2.05, 4.69) is 28.1 Å². The van der Waals surface area contributed by atoms with E-state index in [0.717, 1.165) is 54.9 Å². The summed E-state index contributed by atoms with van der Waals surface area (Å²) in [6, 6.07) is 13.9. The molecule has 166 valence electrons. The van der Waals surface area contributed by atoms with Crippen LogP contribution in [0.1, 0.15) is 36.1 Å². The highest BCUT2D eigenvalue weighted by atomic mass is 16.6. The van der Waals surface area contributed by atoms with Crippen molar-refractivity contribution in [3.63, 3.8) is 0 Å². The van der Waals surface area contributed by atoms with E-state index < -0.39 is 0 Å². The summed E-state index contributed by atoms with van der Waals surface area (Å²) >= 11 is 0. The first-order valence-electron chi connectivity index (χ1n) is 11.7. The van der Waals surface area contributed by atoms with Gasteiger partial charge in [0.1, 0.15) is 5.75 Å². The van der Waals surface area contributed by atoms with Crippen LogP contribution in [0.3, 0.4) is 0 Å². The lowest BCUT2D eigenvalue weighted by atomic mass is 9.58. The van der Waals surface area contributed by atoms with Crippen LogP contribution < -0.4 is 4.74 Å². The number of methoxy groups -OCH3 is 1. The topological polar surface area (TPSA) is 71.4 Å². The molecule has 1 saturated heterocycles. The normalized spacial score (nSPS) is 25.3. The molecule has 2 heterocycles. The van der Waals surface area contributed by atoms with Crippen LogP contribution in [-0.2, 0) is 18.3 Å². The second-order valence-corrected chi connectivity index (χ2v) is 9.99. The Kier molecular flexibility index (Phi) is 4.54. The van der Waals surface area contributed by atoms with Gasteiger partial charge in [0.2, 0.25) is 0 Å². The van der Waals surface area contributed by atoms with Crippen LogP contribution >= 0.6 is 0 Å². The van der Waals surface area contributed by atoms with Crippen molar-refractivity contribution < 1.29 is 9.66 Å². The zero-order valence-electron chi connectivity index (χ0n) is 18.5. The quantitative estimate of drug-likeness (QED) is 0.463. The standard InChI is InChI=1S/C26H29N3O3/c1-32-21-4-2-3-18(11-21)26-9-10-28(15-17-5-6-17)16-19(26)12-22-23-13-20(29(30)31)7-8-24(23)27-25(22)14-26/h2-4,7-8,11,13,17,19,27H,5-6,9-10,12,14-16H2,1H3/t19?,26-/m1/s1. The minimum absolute atomic E-state index is 0.0639. The van der Waals surface area contributed by atoms with E-state index in [1.807, 2.05) is 12.1 Å². The Morgan fingerprint density at radius 1 is 1.25 bits per heavy atom. The van der Waals surface area contributed by atoms with Gasteiger partial charge in [0.05, 0.1) is 12.0 Å². The molecule has 0 spiro atoms. The number of H-pyrrole nitrogens is 1. The van der Waals surface area contributed by atoms with Crippen molar-refractivity contribution in [2.45, 2.75) is 37.5 Å². The zero-order chi connectivity index (χ0) is 21.9. The monoisotopic (exact) mass is 431 g/mol. The molecule has 1 aromatic heterocycles. The molecular formula is C26H29N3O3. The van der Waals surface area contributed by atoms with Gasteiger partial charge in [-0.2, -0.15) is 0 Å². The molecule has 2 fully saturated rings. The Morgan fingerprint density at radius 3 is 2.91 bits per heavy atom. The average Bonchev–Trinajstić information content (AvgIpc) is 3.56. The van der Waals surface area contributed by atoms with E-state index in [9.17, 15) is 10.1 Å². The van der Waals surface area contributed by atoms with Gasteiger partial charge in [-0.15, -0.1) is 0 Å². The van der Waals surface area contributed by atoms with Crippen LogP contribution in [0, 0.1) is 22.0 Å². The molecule has 6 rings (SSSR count). The third-order valence-electron chi connectivity index (χ3n) is 8.12. The second-order valence-electron chi connectivity index (χ2n) is 9.99. The number of aromatic nitrogens is 1. The van der Waals surface area contributed by atoms with Crippen LogP contribution in [0.5, 0.6) is 5.75 Å². The Bertz CT molecular complexity index is 1200. The van der Waals surface area contributed by atoms with E-state index in [1.54, 1.807) is 19.2 Å². The molecule has 3 aromatic rings. The average molecular weight is 432 g/mol. The van der Waals surface area contributed by atoms with Crippen LogP contribution in [0.15, 0.2) is 42.5 Å². The molecule has 3 aliphatic rings. The fourth-order valence-corrected chi connectivity index (χ4v) is 6.23. The highest BCUT2D eigenvalue weighted by molar-refractivity contribution is 5.87. The van der Waals surface area contributed by atoms with Gasteiger partial charge >= 0.3 is 0 Å². The van der Waals surface area contributed by atoms with E-state index in [0.29, 0.717) is 5.92 Å². The highest BCUT2D eigenvalue weighted by Crippen LogP contribution is 2.50. The van der Waals surface area contributed by atoms with Crippen molar-refractivity contribution in [3.8, 4) is 5.75 Å². The van der Waals surface area contributed by atoms with Gasteiger partial charge in [-0.1, -0.05) is 12.1 Å². The summed E-state index contributed by atoms with van der Waals surface area (Å²) in [5.41, 5.74) is 5.13. The fourth-order valence-electron chi connectivity index (χ4n) is 6.23. The lowest BCUT2D eigenvalue weighted by Crippen LogP contribution is -2.54. The minimum Gasteiger partial charge on any atom is -0.497 e. The third-order valence-corrected chi connectivity index (χ3v) is 8.12. The summed E-state index contributed by atoms with van der Waals surface area (Å²) in [5.74, 6) is 2.27. The van der Waals surface area contributed by atoms with Gasteiger partial charge in [-0.05, 0) is 79.8 Å². The first-order valence-corrected chi connectivity index (χ1v) is 11.7. The molecular weight excluding hydrogens is 402 g/mol. The molecule has 2 atom stereocenters. The van der Waals surface area contributed by atoms with E-state index in [4.69, 9.17) is 4.74 Å². The lowest BCUT2D eigenvalue weighted by molar-refractivity contribution is -0.384. The van der Waals surface area contributed by atoms with Gasteiger partial charge < -0.3 is 14.6 Å². The van der Waals surface area contributed by atoms with Gasteiger partial charge in [-0.3, -0.25) is 10.1 Å². The van der Waals surface area contributed by atoms with Crippen molar-refractivity contribution in [1.82, 2.24) is 9.88 Å². The van der Waals surface area contributed by atoms with Crippen LogP contribution in [0.4, 0.5) is 5.69 Å². The second kappa shape index (κ2) is 7.34. The number of nitro groups is 1. The molecule has 0 radical (unpaired) electrons. The van der Waals surface area contributed by atoms with Crippen molar-refractivity contribution in [1.29, 1.82) is 0 Å². The maximum Gasteiger partial charge on any atom is 0.270 e. The predicted molar refractivity (Wildman–Crippen MR) is 124 cm³/mol. The number of nitrogens with zero attached hydrogens (tertiary/aromatic N) is 2. The van der Waals surface area contributed by atoms with E-state index in [1.165, 1.54) is 36.2 Å². The van der Waals surface area contributed by atoms with Crippen molar-refractivity contribution in [2.75, 3.05) is 26.7 Å². The number of aromatic amines is 1. The Hall–Kier alpha value is -2.86. The molecule has 1 N–H and O–H groups in total. The third kappa shape index (κ3) is 3.20. The van der Waals surface area contributed by atoms with E-state index >= 15 is 0 Å². The summed E-state index contributed by atoms with van der Waals surface area (Å²) in [5, 5.41) is 12.4. The fraction of sp³-hybridized carbons (Fsp3) is 0.462. The number of fused-ring (bicyclic) bond motifs is 4. The van der Waals surface area contributed by atoms with Crippen molar-refractivity contribution >= 4 is 16.6 Å². The maximum atomic E-state index is 11.4. The minimum atomic E-state index is -0.291. The van der Waals surface area contributed by atoms with Crippen molar-refractivity contribution in [2.24, 2.45) is 11.8 Å². The number of rotatable bonds is 5. The Morgan fingerprint density at radius 2 is 2.12 bits per heavy atom. The SMILES string of the molecule is COc1cccc([C@]23CCN(CC4CC4)CC2Cc2c([nH]c4ccc([N+](=O)[O-])cc24)C3)c1. The molecule has 2 aromatic carbocycles. The Balaban J connectivity index is 1.44. The molecule has 0 amide bonds. The van der Waals surface area contributed by atoms with Crippen LogP contribution in [0.2, 0.25) is 0 Å². The summed E-state index contributed by atoms with van der Waals surface area (Å²) in [4.78, 5) is 17.4. The lowest BCUT2D eigenvalue weighted by Gasteiger charge is -2.51. The highest BCUT2D eigenvalue weighted by Gasteiger charge is 2.48. The molecule has 1 unspecified atom stereocenters. The molecule has 2 aliphatic carbocycles. The number of non-ortho nitro benzene ring substituents is 1. The molecule has 6 heteroatoms. The number of ether oxygens (including phenoxy) is 1. The van der Waals surface area contributed by atoms with Gasteiger partial charge in [0.15, 0.2) is 0 Å². The maximum absolute atomic E-state index is 11.4. The number of benzene rings is 2. The molecule has 1 saturated carbocycles. The Labute approximate surface area is 187 Å². The summed E-state index contributed by atoms with van der Waals surface area (Å²) in [6.45, 7) is 3.44. The van der Waals surface area contributed by atoms with Crippen LogP contribution in [-0.4, -0.2) is 41.6 Å². The molecule has 1 aliphatic heterocycles. The van der Waals surface area contributed by atoms with E-state index in [-0.39, 0.29) is 16.0 Å². The van der Waals surface area contributed by atoms with Gasteiger partial charge in [-0.25, -0.2) is 0 Å². The first kappa shape index (κ1) is 19.8. The van der Waals surface area contributed by atoms with Gasteiger partial charge in [0.25, 0.3) is 5.69 Å². The molecule has 6 nitrogen and oxygen atoms in total. The van der Waals surface area contributed by atoms with Crippen LogP contribution in [0.25, 0.3) is 10.9 Å². The number of piperidine rings is 1.